The van der Waals surface area contributed by atoms with Crippen LogP contribution in [0.25, 0.3) is 11.3 Å². The Balaban J connectivity index is 1.84. The van der Waals surface area contributed by atoms with Crippen LogP contribution in [0.5, 0.6) is 0 Å². The van der Waals surface area contributed by atoms with Crippen molar-refractivity contribution in [2.75, 3.05) is 12.3 Å². The van der Waals surface area contributed by atoms with Gasteiger partial charge in [-0.3, -0.25) is 0 Å². The van der Waals surface area contributed by atoms with Crippen LogP contribution >= 0.6 is 0 Å². The Morgan fingerprint density at radius 2 is 1.78 bits per heavy atom. The number of anilines is 1. The summed E-state index contributed by atoms with van der Waals surface area (Å²) in [5.74, 6) is -2.42. The molecule has 1 atom stereocenters. The number of rotatable bonds is 2. The van der Waals surface area contributed by atoms with Crippen LogP contribution in [0.15, 0.2) is 42.5 Å². The topological polar surface area (TPSA) is 63.8 Å². The first-order valence-corrected chi connectivity index (χ1v) is 8.61. The Hall–Kier alpha value is -2.93. The summed E-state index contributed by atoms with van der Waals surface area (Å²) in [6.45, 7) is 0.858. The van der Waals surface area contributed by atoms with E-state index in [4.69, 9.17) is 5.73 Å². The van der Waals surface area contributed by atoms with Crippen molar-refractivity contribution >= 4 is 5.82 Å². The quantitative estimate of drug-likeness (QED) is 0.721. The summed E-state index contributed by atoms with van der Waals surface area (Å²) in [5.41, 5.74) is 7.51. The monoisotopic (exact) mass is 370 g/mol. The summed E-state index contributed by atoms with van der Waals surface area (Å²) < 4.78 is 43.4. The normalized spacial score (nSPS) is 16.6. The summed E-state index contributed by atoms with van der Waals surface area (Å²) in [7, 11) is 0. The Morgan fingerprint density at radius 3 is 2.56 bits per heavy atom. The molecule has 0 radical (unpaired) electrons. The number of halogens is 3. The number of nitrogens with zero attached hydrogens (tertiary/aromatic N) is 2. The number of hydrogen-bond donors (Lipinski definition) is 2. The minimum absolute atomic E-state index is 0.236. The van der Waals surface area contributed by atoms with E-state index in [-0.39, 0.29) is 11.4 Å². The zero-order valence-corrected chi connectivity index (χ0v) is 14.3. The molecule has 0 saturated carbocycles. The lowest BCUT2D eigenvalue weighted by molar-refractivity contribution is 0.490. The lowest BCUT2D eigenvalue weighted by Crippen LogP contribution is -2.13. The molecule has 4 rings (SSSR count). The van der Waals surface area contributed by atoms with E-state index in [9.17, 15) is 8.78 Å². The molecule has 1 unspecified atom stereocenters. The summed E-state index contributed by atoms with van der Waals surface area (Å²) in [5, 5.41) is 10.9. The average Bonchev–Trinajstić information content (AvgIpc) is 2.88. The molecule has 0 aliphatic carbocycles. The van der Waals surface area contributed by atoms with Crippen molar-refractivity contribution in [3.05, 3.63) is 76.6 Å². The molecule has 7 heteroatoms. The highest BCUT2D eigenvalue weighted by Crippen LogP contribution is 2.37. The third-order valence-corrected chi connectivity index (χ3v) is 4.88. The van der Waals surface area contributed by atoms with Gasteiger partial charge in [0.1, 0.15) is 11.6 Å². The molecule has 27 heavy (non-hydrogen) atoms. The van der Waals surface area contributed by atoms with Crippen molar-refractivity contribution in [2.45, 2.75) is 18.9 Å². The van der Waals surface area contributed by atoms with Crippen molar-refractivity contribution in [1.29, 1.82) is 0 Å². The summed E-state index contributed by atoms with van der Waals surface area (Å²) in [6, 6.07) is 10.6. The molecule has 0 spiro atoms. The van der Waals surface area contributed by atoms with Crippen LogP contribution in [0.1, 0.15) is 29.0 Å². The summed E-state index contributed by atoms with van der Waals surface area (Å²) in [6.07, 6.45) is 0.536. The van der Waals surface area contributed by atoms with Gasteiger partial charge in [0.25, 0.3) is 0 Å². The van der Waals surface area contributed by atoms with Crippen molar-refractivity contribution in [2.24, 2.45) is 0 Å². The predicted molar refractivity (Wildman–Crippen MR) is 96.4 cm³/mol. The van der Waals surface area contributed by atoms with Gasteiger partial charge in [-0.05, 0) is 48.4 Å². The zero-order valence-electron chi connectivity index (χ0n) is 14.3. The Kier molecular flexibility index (Phi) is 4.53. The Labute approximate surface area is 154 Å². The van der Waals surface area contributed by atoms with Crippen LogP contribution in [0.3, 0.4) is 0 Å². The molecule has 2 aromatic carbocycles. The van der Waals surface area contributed by atoms with E-state index < -0.39 is 23.4 Å². The number of nitrogens with two attached hydrogens (primary N) is 1. The maximum atomic E-state index is 15.3. The number of benzene rings is 2. The molecule has 0 amide bonds. The molecule has 4 nitrogen and oxygen atoms in total. The minimum atomic E-state index is -0.902. The maximum absolute atomic E-state index is 15.3. The van der Waals surface area contributed by atoms with E-state index in [0.29, 0.717) is 41.9 Å². The number of nitrogens with one attached hydrogen (secondary N) is 1. The van der Waals surface area contributed by atoms with Gasteiger partial charge in [-0.15, -0.1) is 10.2 Å². The fourth-order valence-electron chi connectivity index (χ4n) is 3.55. The van der Waals surface area contributed by atoms with Crippen molar-refractivity contribution in [3.63, 3.8) is 0 Å². The number of nitrogen functional groups attached to an aromatic ring is 1. The molecule has 138 valence electrons. The van der Waals surface area contributed by atoms with E-state index in [1.165, 1.54) is 6.07 Å². The van der Waals surface area contributed by atoms with Gasteiger partial charge in [-0.1, -0.05) is 18.2 Å². The van der Waals surface area contributed by atoms with Crippen molar-refractivity contribution < 1.29 is 13.2 Å². The fourth-order valence-corrected chi connectivity index (χ4v) is 3.55. The highest BCUT2D eigenvalue weighted by atomic mass is 19.2. The van der Waals surface area contributed by atoms with Gasteiger partial charge in [0.15, 0.2) is 11.6 Å². The van der Waals surface area contributed by atoms with E-state index in [1.54, 1.807) is 30.3 Å². The molecule has 0 saturated heterocycles. The summed E-state index contributed by atoms with van der Waals surface area (Å²) >= 11 is 0. The molecule has 1 aliphatic rings. The minimum Gasteiger partial charge on any atom is -0.382 e. The molecular formula is C20H17F3N4. The standard InChI is InChI=1S/C20H17F3N4/c21-16-3-1-2-13(20(16)23)12-8-9-25-10-15-11(12)4-5-14(19(15)22)17-6-7-18(24)27-26-17/h1-7,12,25H,8-10H2,(H2,24,27). The lowest BCUT2D eigenvalue weighted by atomic mass is 9.85. The largest absolute Gasteiger partial charge is 0.382 e. The van der Waals surface area contributed by atoms with Crippen molar-refractivity contribution in [3.8, 4) is 11.3 Å². The third-order valence-electron chi connectivity index (χ3n) is 4.88. The molecular weight excluding hydrogens is 353 g/mol. The SMILES string of the molecule is Nc1ccc(-c2ccc3c(c2F)CNCCC3c2cccc(F)c2F)nn1. The van der Waals surface area contributed by atoms with Crippen LogP contribution in [0.2, 0.25) is 0 Å². The Morgan fingerprint density at radius 1 is 0.926 bits per heavy atom. The number of hydrogen-bond acceptors (Lipinski definition) is 4. The van der Waals surface area contributed by atoms with E-state index in [2.05, 4.69) is 15.5 Å². The average molecular weight is 370 g/mol. The highest BCUT2D eigenvalue weighted by molar-refractivity contribution is 5.63. The molecule has 1 aromatic heterocycles. The molecule has 0 bridgehead atoms. The number of aromatic nitrogens is 2. The number of fused-ring (bicyclic) bond motifs is 1. The second-order valence-electron chi connectivity index (χ2n) is 6.50. The molecule has 0 fully saturated rings. The fraction of sp³-hybridized carbons (Fsp3) is 0.200. The van der Waals surface area contributed by atoms with Gasteiger partial charge in [0.2, 0.25) is 0 Å². The Bertz CT molecular complexity index is 989. The first kappa shape index (κ1) is 17.5. The van der Waals surface area contributed by atoms with Crippen LogP contribution in [-0.2, 0) is 6.54 Å². The van der Waals surface area contributed by atoms with E-state index in [1.807, 2.05) is 0 Å². The van der Waals surface area contributed by atoms with E-state index >= 15 is 4.39 Å². The molecule has 2 heterocycles. The van der Waals surface area contributed by atoms with Crippen LogP contribution in [0.4, 0.5) is 19.0 Å². The van der Waals surface area contributed by atoms with Crippen LogP contribution in [0, 0.1) is 17.5 Å². The predicted octanol–water partition coefficient (Wildman–Crippen LogP) is 3.77. The van der Waals surface area contributed by atoms with Gasteiger partial charge in [-0.25, -0.2) is 13.2 Å². The molecule has 3 N–H and O–H groups in total. The highest BCUT2D eigenvalue weighted by Gasteiger charge is 2.27. The van der Waals surface area contributed by atoms with Gasteiger partial charge in [-0.2, -0.15) is 0 Å². The lowest BCUT2D eigenvalue weighted by Gasteiger charge is -2.20. The summed E-state index contributed by atoms with van der Waals surface area (Å²) in [4.78, 5) is 0. The smallest absolute Gasteiger partial charge is 0.162 e. The first-order valence-electron chi connectivity index (χ1n) is 8.61. The molecule has 1 aliphatic heterocycles. The van der Waals surface area contributed by atoms with Crippen LogP contribution < -0.4 is 11.1 Å². The second kappa shape index (κ2) is 7.00. The van der Waals surface area contributed by atoms with Gasteiger partial charge < -0.3 is 11.1 Å². The third kappa shape index (κ3) is 3.14. The van der Waals surface area contributed by atoms with Gasteiger partial charge in [0.05, 0.1) is 5.69 Å². The van der Waals surface area contributed by atoms with E-state index in [0.717, 1.165) is 6.07 Å². The first-order chi connectivity index (χ1) is 13.1. The van der Waals surface area contributed by atoms with Gasteiger partial charge >= 0.3 is 0 Å². The van der Waals surface area contributed by atoms with Gasteiger partial charge in [0, 0.05) is 23.6 Å². The molecule has 3 aromatic rings. The van der Waals surface area contributed by atoms with Crippen molar-refractivity contribution in [1.82, 2.24) is 15.5 Å². The van der Waals surface area contributed by atoms with Crippen LogP contribution in [-0.4, -0.2) is 16.7 Å². The second-order valence-corrected chi connectivity index (χ2v) is 6.50. The maximum Gasteiger partial charge on any atom is 0.162 e. The zero-order chi connectivity index (χ0) is 19.0.